The van der Waals surface area contributed by atoms with Gasteiger partial charge < -0.3 is 15.3 Å². The zero-order valence-corrected chi connectivity index (χ0v) is 5.15. The van der Waals surface area contributed by atoms with Gasteiger partial charge in [-0.3, -0.25) is 5.32 Å². The van der Waals surface area contributed by atoms with E-state index in [1.54, 1.807) is 6.92 Å². The molecule has 1 aliphatic rings. The molecule has 0 aromatic rings. The topological polar surface area (TPSA) is 72.7 Å². The summed E-state index contributed by atoms with van der Waals surface area (Å²) in [5.74, 6) is 0. The minimum atomic E-state index is -1.04. The second kappa shape index (κ2) is 2.22. The van der Waals surface area contributed by atoms with Crippen LogP contribution in [0.2, 0.25) is 0 Å². The molecule has 54 valence electrons. The number of nitrogens with one attached hydrogen (secondary N) is 1. The molecular weight excluding hydrogens is 122 g/mol. The van der Waals surface area contributed by atoms with E-state index in [1.165, 1.54) is 0 Å². The molecule has 0 amide bonds. The van der Waals surface area contributed by atoms with Crippen LogP contribution in [0.3, 0.4) is 0 Å². The van der Waals surface area contributed by atoms with Gasteiger partial charge in [-0.15, -0.1) is 0 Å². The molecule has 1 fully saturated rings. The lowest BCUT2D eigenvalue weighted by molar-refractivity contribution is -0.0233. The van der Waals surface area contributed by atoms with Gasteiger partial charge in [0.05, 0.1) is 6.10 Å². The Labute approximate surface area is 53.1 Å². The summed E-state index contributed by atoms with van der Waals surface area (Å²) in [6, 6.07) is -0.227. The van der Waals surface area contributed by atoms with Gasteiger partial charge in [0.15, 0.2) is 0 Å². The monoisotopic (exact) mass is 133 g/mol. The average Bonchev–Trinajstić information content (AvgIpc) is 1.98. The van der Waals surface area contributed by atoms with Crippen LogP contribution >= 0.6 is 0 Å². The van der Waals surface area contributed by atoms with Gasteiger partial charge in [0.2, 0.25) is 0 Å². The first-order valence-corrected chi connectivity index (χ1v) is 2.93. The summed E-state index contributed by atoms with van der Waals surface area (Å²) in [5.41, 5.74) is 0. The molecular formula is C5H11NO3. The maximum absolute atomic E-state index is 8.96. The molecule has 0 aromatic carbocycles. The maximum Gasteiger partial charge on any atom is 0.134 e. The van der Waals surface area contributed by atoms with E-state index in [9.17, 15) is 0 Å². The van der Waals surface area contributed by atoms with E-state index in [2.05, 4.69) is 5.32 Å². The smallest absolute Gasteiger partial charge is 0.134 e. The van der Waals surface area contributed by atoms with Gasteiger partial charge >= 0.3 is 0 Å². The Hall–Kier alpha value is -0.160. The van der Waals surface area contributed by atoms with E-state index < -0.39 is 18.4 Å². The van der Waals surface area contributed by atoms with Crippen molar-refractivity contribution in [3.8, 4) is 0 Å². The second-order valence-electron chi connectivity index (χ2n) is 2.38. The van der Waals surface area contributed by atoms with Crippen molar-refractivity contribution in [3.63, 3.8) is 0 Å². The first-order chi connectivity index (χ1) is 4.13. The molecule has 4 N–H and O–H groups in total. The van der Waals surface area contributed by atoms with Crippen LogP contribution in [-0.2, 0) is 0 Å². The molecule has 0 aliphatic carbocycles. The summed E-state index contributed by atoms with van der Waals surface area (Å²) in [5, 5.41) is 29.2. The summed E-state index contributed by atoms with van der Waals surface area (Å²) in [7, 11) is 0. The molecule has 1 unspecified atom stereocenters. The van der Waals surface area contributed by atoms with E-state index in [0.717, 1.165) is 0 Å². The molecule has 9 heavy (non-hydrogen) atoms. The van der Waals surface area contributed by atoms with Gasteiger partial charge in [-0.1, -0.05) is 0 Å². The number of aliphatic hydroxyl groups is 3. The fourth-order valence-corrected chi connectivity index (χ4v) is 0.949. The van der Waals surface area contributed by atoms with Crippen LogP contribution in [0.25, 0.3) is 0 Å². The molecule has 1 heterocycles. The first kappa shape index (κ1) is 6.95. The number of aliphatic hydroxyl groups excluding tert-OH is 3. The van der Waals surface area contributed by atoms with Crippen molar-refractivity contribution in [2.24, 2.45) is 0 Å². The molecule has 0 radical (unpaired) electrons. The van der Waals surface area contributed by atoms with E-state index in [-0.39, 0.29) is 6.04 Å². The zero-order chi connectivity index (χ0) is 7.02. The fraction of sp³-hybridized carbons (Fsp3) is 1.00. The van der Waals surface area contributed by atoms with Crippen molar-refractivity contribution in [2.45, 2.75) is 31.4 Å². The normalized spacial score (nSPS) is 52.0. The number of rotatable bonds is 0. The van der Waals surface area contributed by atoms with Gasteiger partial charge in [0.25, 0.3) is 0 Å². The SMILES string of the molecule is C[C@@H]1NC(O)[C@@H](O)[C@H]1O. The average molecular weight is 133 g/mol. The van der Waals surface area contributed by atoms with Gasteiger partial charge in [-0.25, -0.2) is 0 Å². The van der Waals surface area contributed by atoms with Gasteiger partial charge in [0, 0.05) is 6.04 Å². The Morgan fingerprint density at radius 2 is 1.67 bits per heavy atom. The van der Waals surface area contributed by atoms with Gasteiger partial charge in [-0.05, 0) is 6.92 Å². The molecule has 1 saturated heterocycles. The van der Waals surface area contributed by atoms with Crippen molar-refractivity contribution in [1.29, 1.82) is 0 Å². The minimum Gasteiger partial charge on any atom is -0.389 e. The lowest BCUT2D eigenvalue weighted by atomic mass is 10.2. The van der Waals surface area contributed by atoms with Crippen LogP contribution in [0.4, 0.5) is 0 Å². The Balaban J connectivity index is 2.54. The Morgan fingerprint density at radius 1 is 1.11 bits per heavy atom. The summed E-state index contributed by atoms with van der Waals surface area (Å²) in [6.07, 6.45) is -2.87. The van der Waals surface area contributed by atoms with Crippen LogP contribution in [0.15, 0.2) is 0 Å². The lowest BCUT2D eigenvalue weighted by Gasteiger charge is -2.09. The maximum atomic E-state index is 8.96. The summed E-state index contributed by atoms with van der Waals surface area (Å²) in [4.78, 5) is 0. The predicted octanol–water partition coefficient (Wildman–Crippen LogP) is -1.98. The largest absolute Gasteiger partial charge is 0.389 e. The van der Waals surface area contributed by atoms with E-state index in [4.69, 9.17) is 15.3 Å². The van der Waals surface area contributed by atoms with Gasteiger partial charge in [-0.2, -0.15) is 0 Å². The van der Waals surface area contributed by atoms with Crippen LogP contribution < -0.4 is 5.32 Å². The van der Waals surface area contributed by atoms with Crippen molar-refractivity contribution in [1.82, 2.24) is 5.32 Å². The highest BCUT2D eigenvalue weighted by molar-refractivity contribution is 4.90. The highest BCUT2D eigenvalue weighted by Crippen LogP contribution is 2.10. The summed E-state index contributed by atoms with van der Waals surface area (Å²) < 4.78 is 0. The minimum absolute atomic E-state index is 0.227. The Bertz CT molecular complexity index is 96.4. The van der Waals surface area contributed by atoms with Crippen LogP contribution in [0.1, 0.15) is 6.92 Å². The van der Waals surface area contributed by atoms with E-state index in [1.807, 2.05) is 0 Å². The quantitative estimate of drug-likeness (QED) is 0.309. The molecule has 1 aliphatic heterocycles. The molecule has 0 aromatic heterocycles. The third-order valence-electron chi connectivity index (χ3n) is 1.62. The van der Waals surface area contributed by atoms with Crippen molar-refractivity contribution in [3.05, 3.63) is 0 Å². The molecule has 4 nitrogen and oxygen atoms in total. The molecule has 0 bridgehead atoms. The molecule has 1 rings (SSSR count). The first-order valence-electron chi connectivity index (χ1n) is 2.93. The summed E-state index contributed by atoms with van der Waals surface area (Å²) >= 11 is 0. The van der Waals surface area contributed by atoms with Gasteiger partial charge in [0.1, 0.15) is 12.3 Å². The van der Waals surface area contributed by atoms with Crippen LogP contribution in [0.5, 0.6) is 0 Å². The van der Waals surface area contributed by atoms with Crippen molar-refractivity contribution in [2.75, 3.05) is 0 Å². The van der Waals surface area contributed by atoms with Crippen molar-refractivity contribution < 1.29 is 15.3 Å². The highest BCUT2D eigenvalue weighted by Gasteiger charge is 2.36. The third-order valence-corrected chi connectivity index (χ3v) is 1.62. The van der Waals surface area contributed by atoms with E-state index >= 15 is 0 Å². The Morgan fingerprint density at radius 3 is 1.78 bits per heavy atom. The standard InChI is InChI=1S/C5H11NO3/c1-2-3(7)4(8)5(9)6-2/h2-9H,1H3/t2-,3-,4-,5?/m0/s1. The van der Waals surface area contributed by atoms with Crippen LogP contribution in [-0.4, -0.2) is 39.8 Å². The third kappa shape index (κ3) is 1.07. The van der Waals surface area contributed by atoms with Crippen LogP contribution in [0, 0.1) is 0 Å². The zero-order valence-electron chi connectivity index (χ0n) is 5.15. The molecule has 4 atom stereocenters. The number of hydrogen-bond donors (Lipinski definition) is 4. The fourth-order valence-electron chi connectivity index (χ4n) is 0.949. The molecule has 0 saturated carbocycles. The Kier molecular flexibility index (Phi) is 1.72. The second-order valence-corrected chi connectivity index (χ2v) is 2.38. The lowest BCUT2D eigenvalue weighted by Crippen LogP contribution is -2.32. The molecule has 4 heteroatoms. The predicted molar refractivity (Wildman–Crippen MR) is 30.6 cm³/mol. The van der Waals surface area contributed by atoms with Crippen molar-refractivity contribution >= 4 is 0 Å². The molecule has 0 spiro atoms. The summed E-state index contributed by atoms with van der Waals surface area (Å²) in [6.45, 7) is 1.70. The van der Waals surface area contributed by atoms with E-state index in [0.29, 0.717) is 0 Å². The number of hydrogen-bond acceptors (Lipinski definition) is 4. The highest BCUT2D eigenvalue weighted by atomic mass is 16.4.